The van der Waals surface area contributed by atoms with Gasteiger partial charge in [-0.05, 0) is 47.1 Å². The molecule has 1 aliphatic rings. The molecule has 0 bridgehead atoms. The zero-order valence-electron chi connectivity index (χ0n) is 15.6. The maximum atomic E-state index is 11.6. The second-order valence-electron chi connectivity index (χ2n) is 7.17. The van der Waals surface area contributed by atoms with Crippen LogP contribution in [0.5, 0.6) is 0 Å². The van der Waals surface area contributed by atoms with E-state index in [1.54, 1.807) is 11.9 Å². The summed E-state index contributed by atoms with van der Waals surface area (Å²) in [6, 6.07) is 0. The van der Waals surface area contributed by atoms with Crippen LogP contribution < -0.4 is 0 Å². The van der Waals surface area contributed by atoms with Gasteiger partial charge >= 0.3 is 25.0 Å². The Kier molecular flexibility index (Phi) is 8.68. The van der Waals surface area contributed by atoms with E-state index in [2.05, 4.69) is 0 Å². The number of hydrogen-bond donors (Lipinski definition) is 0. The van der Waals surface area contributed by atoms with Gasteiger partial charge in [0.15, 0.2) is 0 Å². The molecule has 7 nitrogen and oxygen atoms in total. The normalized spacial score (nSPS) is 17.0. The molecule has 8 heteroatoms. The highest BCUT2D eigenvalue weighted by Crippen LogP contribution is 2.15. The molecule has 0 unspecified atom stereocenters. The molecule has 1 rings (SSSR count). The zero-order valence-corrected chi connectivity index (χ0v) is 15.6. The number of hydrogen-bond acceptors (Lipinski definition) is 7. The summed E-state index contributed by atoms with van der Waals surface area (Å²) in [7, 11) is 0.791. The summed E-state index contributed by atoms with van der Waals surface area (Å²) >= 11 is 0. The summed E-state index contributed by atoms with van der Waals surface area (Å²) in [5.41, 5.74) is -0.471. The van der Waals surface area contributed by atoms with Crippen molar-refractivity contribution in [3.05, 3.63) is 12.2 Å². The Bertz CT molecular complexity index is 480. The van der Waals surface area contributed by atoms with E-state index in [9.17, 15) is 14.4 Å². The highest BCUT2D eigenvalue weighted by atomic mass is 16.6. The third-order valence-electron chi connectivity index (χ3n) is 3.43. The molecule has 0 aromatic carbocycles. The van der Waals surface area contributed by atoms with E-state index >= 15 is 0 Å². The molecule has 25 heavy (non-hydrogen) atoms. The van der Waals surface area contributed by atoms with Crippen molar-refractivity contribution in [3.8, 4) is 0 Å². The van der Waals surface area contributed by atoms with Crippen LogP contribution in [0.2, 0.25) is 6.32 Å². The Morgan fingerprint density at radius 3 is 2.32 bits per heavy atom. The highest BCUT2D eigenvalue weighted by Gasteiger charge is 2.30. The molecule has 0 aromatic rings. The van der Waals surface area contributed by atoms with Gasteiger partial charge in [0.1, 0.15) is 0 Å². The Balaban J connectivity index is 2.19. The fraction of sp³-hybridized carbons (Fsp3) is 0.706. The van der Waals surface area contributed by atoms with Gasteiger partial charge in [0.05, 0.1) is 25.1 Å². The highest BCUT2D eigenvalue weighted by molar-refractivity contribution is 6.49. The van der Waals surface area contributed by atoms with Crippen LogP contribution in [0.4, 0.5) is 0 Å². The van der Waals surface area contributed by atoms with Gasteiger partial charge in [0, 0.05) is 6.32 Å². The van der Waals surface area contributed by atoms with Gasteiger partial charge in [-0.3, -0.25) is 19.3 Å². The molecule has 0 aliphatic carbocycles. The molecule has 0 amide bonds. The maximum Gasteiger partial charge on any atom is 0.602 e. The summed E-state index contributed by atoms with van der Waals surface area (Å²) in [6.45, 7) is 6.03. The smallest absolute Gasteiger partial charge is 0.498 e. The lowest BCUT2D eigenvalue weighted by Crippen LogP contribution is -2.42. The quantitative estimate of drug-likeness (QED) is 0.299. The molecule has 1 heterocycles. The number of rotatable bonds is 7. The van der Waals surface area contributed by atoms with Gasteiger partial charge in [-0.25, -0.2) is 0 Å². The number of esters is 1. The monoisotopic (exact) mass is 353 g/mol. The van der Waals surface area contributed by atoms with E-state index in [-0.39, 0.29) is 19.1 Å². The predicted octanol–water partition coefficient (Wildman–Crippen LogP) is 1.82. The molecular weight excluding hydrogens is 325 g/mol. The SMILES string of the molecule is CN1CC(=O)OB(C/C=C/CCCCOC(=O)C(C)(C)C)OC(=O)C1. The van der Waals surface area contributed by atoms with Crippen LogP contribution in [0.25, 0.3) is 0 Å². The second-order valence-corrected chi connectivity index (χ2v) is 7.17. The van der Waals surface area contributed by atoms with Gasteiger partial charge in [-0.1, -0.05) is 12.2 Å². The van der Waals surface area contributed by atoms with E-state index in [0.29, 0.717) is 12.9 Å². The standard InChI is InChI=1S/C17H28BNO6/c1-17(2,3)16(22)23-11-9-7-5-6-8-10-18-24-14(20)12-19(4)13-15(21)25-18/h6,8H,5,7,9-13H2,1-4H3/b8-6+. The van der Waals surface area contributed by atoms with Gasteiger partial charge in [0.25, 0.3) is 0 Å². The van der Waals surface area contributed by atoms with Crippen molar-refractivity contribution in [3.63, 3.8) is 0 Å². The largest absolute Gasteiger partial charge is 0.602 e. The number of carbonyl (C=O) groups is 3. The van der Waals surface area contributed by atoms with E-state index in [1.807, 2.05) is 32.9 Å². The number of nitrogens with zero attached hydrogens (tertiary/aromatic N) is 1. The van der Waals surface area contributed by atoms with Crippen LogP contribution in [0.15, 0.2) is 12.2 Å². The molecule has 0 spiro atoms. The number of likely N-dealkylation sites (N-methyl/N-ethyl adjacent to an activating group) is 1. The minimum Gasteiger partial charge on any atom is -0.498 e. The van der Waals surface area contributed by atoms with Crippen molar-refractivity contribution in [2.24, 2.45) is 5.41 Å². The summed E-state index contributed by atoms with van der Waals surface area (Å²) in [6.07, 6.45) is 6.58. The summed E-state index contributed by atoms with van der Waals surface area (Å²) in [4.78, 5) is 36.3. The van der Waals surface area contributed by atoms with Crippen LogP contribution in [-0.2, 0) is 28.4 Å². The Hall–Kier alpha value is -1.83. The van der Waals surface area contributed by atoms with Crippen LogP contribution in [0.1, 0.15) is 40.0 Å². The van der Waals surface area contributed by atoms with Crippen molar-refractivity contribution in [2.75, 3.05) is 26.7 Å². The molecule has 0 saturated carbocycles. The summed E-state index contributed by atoms with van der Waals surface area (Å²) < 4.78 is 15.4. The van der Waals surface area contributed by atoms with Crippen molar-refractivity contribution in [1.29, 1.82) is 0 Å². The van der Waals surface area contributed by atoms with Crippen molar-refractivity contribution >= 4 is 25.0 Å². The van der Waals surface area contributed by atoms with Gasteiger partial charge in [0.2, 0.25) is 0 Å². The average Bonchev–Trinajstić information content (AvgIpc) is 2.46. The molecule has 0 N–H and O–H groups in total. The molecule has 1 saturated heterocycles. The number of ether oxygens (including phenoxy) is 1. The first kappa shape index (κ1) is 21.2. The van der Waals surface area contributed by atoms with E-state index in [1.165, 1.54) is 0 Å². The lowest BCUT2D eigenvalue weighted by molar-refractivity contribution is -0.153. The van der Waals surface area contributed by atoms with E-state index < -0.39 is 24.5 Å². The molecule has 1 aliphatic heterocycles. The fourth-order valence-corrected chi connectivity index (χ4v) is 2.06. The van der Waals surface area contributed by atoms with Crippen molar-refractivity contribution in [1.82, 2.24) is 4.90 Å². The number of carbonyl (C=O) groups excluding carboxylic acids is 3. The average molecular weight is 353 g/mol. The Morgan fingerprint density at radius 1 is 1.16 bits per heavy atom. The fourth-order valence-electron chi connectivity index (χ4n) is 2.06. The molecule has 0 aromatic heterocycles. The van der Waals surface area contributed by atoms with Gasteiger partial charge < -0.3 is 14.0 Å². The topological polar surface area (TPSA) is 82.1 Å². The first-order valence-electron chi connectivity index (χ1n) is 8.58. The van der Waals surface area contributed by atoms with Crippen LogP contribution >= 0.6 is 0 Å². The summed E-state index contributed by atoms with van der Waals surface area (Å²) in [5, 5.41) is 0. The first-order valence-corrected chi connectivity index (χ1v) is 8.58. The second kappa shape index (κ2) is 10.2. The first-order chi connectivity index (χ1) is 11.7. The maximum absolute atomic E-state index is 11.6. The zero-order chi connectivity index (χ0) is 18.9. The molecule has 140 valence electrons. The number of allylic oxidation sites excluding steroid dienone is 2. The lowest BCUT2D eigenvalue weighted by atomic mass is 9.84. The Morgan fingerprint density at radius 2 is 1.76 bits per heavy atom. The van der Waals surface area contributed by atoms with Crippen molar-refractivity contribution in [2.45, 2.75) is 46.4 Å². The van der Waals surface area contributed by atoms with E-state index in [0.717, 1.165) is 19.3 Å². The lowest BCUT2D eigenvalue weighted by Gasteiger charge is -2.21. The molecule has 0 atom stereocenters. The molecule has 0 radical (unpaired) electrons. The van der Waals surface area contributed by atoms with E-state index in [4.69, 9.17) is 14.0 Å². The predicted molar refractivity (Wildman–Crippen MR) is 93.6 cm³/mol. The van der Waals surface area contributed by atoms with Crippen LogP contribution in [0, 0.1) is 5.41 Å². The Labute approximate surface area is 149 Å². The number of unbranched alkanes of at least 4 members (excludes halogenated alkanes) is 2. The van der Waals surface area contributed by atoms with Crippen LogP contribution in [-0.4, -0.2) is 56.7 Å². The van der Waals surface area contributed by atoms with Crippen molar-refractivity contribution < 1.29 is 28.4 Å². The van der Waals surface area contributed by atoms with Crippen LogP contribution in [0.3, 0.4) is 0 Å². The molecular formula is C17H28BNO6. The van der Waals surface area contributed by atoms with Gasteiger partial charge in [-0.2, -0.15) is 0 Å². The van der Waals surface area contributed by atoms with Gasteiger partial charge in [-0.15, -0.1) is 0 Å². The minimum atomic E-state index is -0.863. The molecule has 1 fully saturated rings. The third kappa shape index (κ3) is 9.29. The summed E-state index contributed by atoms with van der Waals surface area (Å²) in [5.74, 6) is -1.01. The minimum absolute atomic E-state index is 0.0720. The third-order valence-corrected chi connectivity index (χ3v) is 3.43.